The fraction of sp³-hybridized carbons (Fsp3) is 0.257. The van der Waals surface area contributed by atoms with Crippen molar-refractivity contribution in [2.45, 2.75) is 44.7 Å². The van der Waals surface area contributed by atoms with Gasteiger partial charge in [-0.1, -0.05) is 72.8 Å². The molecular formula is C35H39N3O5S. The fourth-order valence-corrected chi connectivity index (χ4v) is 6.53. The van der Waals surface area contributed by atoms with Crippen molar-refractivity contribution in [3.8, 4) is 5.75 Å². The Balaban J connectivity index is 1.83. The van der Waals surface area contributed by atoms with Crippen molar-refractivity contribution in [2.24, 2.45) is 0 Å². The molecule has 230 valence electrons. The number of nitrogens with one attached hydrogen (secondary N) is 1. The average molecular weight is 614 g/mol. The summed E-state index contributed by atoms with van der Waals surface area (Å²) in [4.78, 5) is 29.7. The lowest BCUT2D eigenvalue weighted by Gasteiger charge is -2.34. The smallest absolute Gasteiger partial charge is 0.264 e. The molecule has 0 aliphatic carbocycles. The Morgan fingerprint density at radius 2 is 1.50 bits per heavy atom. The number of anilines is 1. The zero-order valence-corrected chi connectivity index (χ0v) is 26.4. The fourth-order valence-electron chi connectivity index (χ4n) is 5.03. The molecule has 4 aromatic rings. The van der Waals surface area contributed by atoms with Crippen LogP contribution in [0.3, 0.4) is 0 Å². The summed E-state index contributed by atoms with van der Waals surface area (Å²) in [6.45, 7) is 5.45. The Kier molecular flexibility index (Phi) is 10.8. The van der Waals surface area contributed by atoms with Crippen molar-refractivity contribution in [1.82, 2.24) is 10.2 Å². The van der Waals surface area contributed by atoms with E-state index in [0.29, 0.717) is 23.5 Å². The summed E-state index contributed by atoms with van der Waals surface area (Å²) < 4.78 is 34.9. The van der Waals surface area contributed by atoms with Crippen LogP contribution in [0, 0.1) is 13.8 Å². The summed E-state index contributed by atoms with van der Waals surface area (Å²) in [6.07, 6.45) is 0.247. The number of amides is 2. The summed E-state index contributed by atoms with van der Waals surface area (Å²) >= 11 is 0. The van der Waals surface area contributed by atoms with Crippen LogP contribution in [0.1, 0.15) is 29.2 Å². The number of rotatable bonds is 13. The van der Waals surface area contributed by atoms with Crippen molar-refractivity contribution in [3.63, 3.8) is 0 Å². The highest BCUT2D eigenvalue weighted by molar-refractivity contribution is 7.92. The highest BCUT2D eigenvalue weighted by Crippen LogP contribution is 2.29. The summed E-state index contributed by atoms with van der Waals surface area (Å²) in [6, 6.07) is 29.4. The highest BCUT2D eigenvalue weighted by atomic mass is 32.2. The molecule has 0 aromatic heterocycles. The number of nitrogens with zero attached hydrogens (tertiary/aromatic N) is 2. The summed E-state index contributed by atoms with van der Waals surface area (Å²) in [7, 11) is -2.59. The molecule has 0 unspecified atom stereocenters. The zero-order valence-electron chi connectivity index (χ0n) is 25.6. The summed E-state index contributed by atoms with van der Waals surface area (Å²) in [5, 5.41) is 2.88. The normalized spacial score (nSPS) is 11.8. The van der Waals surface area contributed by atoms with Crippen LogP contribution < -0.4 is 14.4 Å². The number of hydrogen-bond acceptors (Lipinski definition) is 5. The van der Waals surface area contributed by atoms with E-state index < -0.39 is 28.5 Å². The molecule has 4 rings (SSSR count). The van der Waals surface area contributed by atoms with Crippen LogP contribution in [0.5, 0.6) is 5.75 Å². The second-order valence-electron chi connectivity index (χ2n) is 10.6. The second-order valence-corrected chi connectivity index (χ2v) is 12.5. The minimum atomic E-state index is -4.16. The number of sulfonamides is 1. The quantitative estimate of drug-likeness (QED) is 0.221. The topological polar surface area (TPSA) is 96.0 Å². The van der Waals surface area contributed by atoms with Crippen LogP contribution in [0.25, 0.3) is 0 Å². The first-order chi connectivity index (χ1) is 21.1. The molecule has 0 spiro atoms. The maximum atomic E-state index is 14.5. The SMILES string of the molecule is CCNC(=O)[C@H](Cc1ccccc1)N(Cc1cccc(OC)c1)C(=O)CN(c1cc(C)ccc1C)S(=O)(=O)c1ccccc1. The predicted octanol–water partition coefficient (Wildman–Crippen LogP) is 5.28. The average Bonchev–Trinajstić information content (AvgIpc) is 3.03. The van der Waals surface area contributed by atoms with Crippen LogP contribution in [-0.4, -0.2) is 51.4 Å². The van der Waals surface area contributed by atoms with Gasteiger partial charge >= 0.3 is 0 Å². The van der Waals surface area contributed by atoms with E-state index in [-0.39, 0.29) is 23.8 Å². The maximum absolute atomic E-state index is 14.5. The third kappa shape index (κ3) is 7.85. The number of likely N-dealkylation sites (N-methyl/N-ethyl adjacent to an activating group) is 1. The number of aryl methyl sites for hydroxylation is 2. The molecule has 1 atom stereocenters. The number of carbonyl (C=O) groups is 2. The first kappa shape index (κ1) is 32.3. The molecule has 9 heteroatoms. The second kappa shape index (κ2) is 14.7. The molecule has 0 saturated carbocycles. The van der Waals surface area contributed by atoms with Gasteiger partial charge in [-0.3, -0.25) is 13.9 Å². The lowest BCUT2D eigenvalue weighted by Crippen LogP contribution is -2.53. The van der Waals surface area contributed by atoms with Crippen molar-refractivity contribution in [1.29, 1.82) is 0 Å². The minimum absolute atomic E-state index is 0.0662. The summed E-state index contributed by atoms with van der Waals surface area (Å²) in [5.41, 5.74) is 3.57. The molecule has 8 nitrogen and oxygen atoms in total. The van der Waals surface area contributed by atoms with Gasteiger partial charge in [-0.05, 0) is 73.4 Å². The first-order valence-corrected chi connectivity index (χ1v) is 16.0. The van der Waals surface area contributed by atoms with E-state index in [2.05, 4.69) is 5.32 Å². The van der Waals surface area contributed by atoms with Gasteiger partial charge in [0.1, 0.15) is 18.3 Å². The van der Waals surface area contributed by atoms with Gasteiger partial charge in [0.05, 0.1) is 17.7 Å². The van der Waals surface area contributed by atoms with Crippen LogP contribution in [0.15, 0.2) is 108 Å². The van der Waals surface area contributed by atoms with Gasteiger partial charge in [0, 0.05) is 19.5 Å². The van der Waals surface area contributed by atoms with Gasteiger partial charge in [0.25, 0.3) is 10.0 Å². The van der Waals surface area contributed by atoms with Gasteiger partial charge in [0.2, 0.25) is 11.8 Å². The molecule has 0 bridgehead atoms. The molecule has 0 radical (unpaired) electrons. The van der Waals surface area contributed by atoms with Crippen molar-refractivity contribution < 1.29 is 22.7 Å². The maximum Gasteiger partial charge on any atom is 0.264 e. The van der Waals surface area contributed by atoms with E-state index in [1.807, 2.05) is 75.4 Å². The first-order valence-electron chi connectivity index (χ1n) is 14.5. The highest BCUT2D eigenvalue weighted by Gasteiger charge is 2.35. The number of hydrogen-bond donors (Lipinski definition) is 1. The molecule has 2 amide bonds. The van der Waals surface area contributed by atoms with Gasteiger partial charge < -0.3 is 15.0 Å². The Morgan fingerprint density at radius 3 is 2.16 bits per heavy atom. The van der Waals surface area contributed by atoms with E-state index in [9.17, 15) is 18.0 Å². The van der Waals surface area contributed by atoms with Gasteiger partial charge in [0.15, 0.2) is 0 Å². The molecule has 1 N–H and O–H groups in total. The van der Waals surface area contributed by atoms with E-state index in [1.54, 1.807) is 43.5 Å². The molecule has 0 heterocycles. The number of benzene rings is 4. The van der Waals surface area contributed by atoms with Crippen molar-refractivity contribution in [3.05, 3.63) is 125 Å². The van der Waals surface area contributed by atoms with Gasteiger partial charge in [-0.2, -0.15) is 0 Å². The number of carbonyl (C=O) groups excluding carboxylic acids is 2. The monoisotopic (exact) mass is 613 g/mol. The number of ether oxygens (including phenoxy) is 1. The van der Waals surface area contributed by atoms with Crippen molar-refractivity contribution in [2.75, 3.05) is 24.5 Å². The van der Waals surface area contributed by atoms with Crippen LogP contribution in [0.2, 0.25) is 0 Å². The Bertz CT molecular complexity index is 1680. The van der Waals surface area contributed by atoms with E-state index in [0.717, 1.165) is 21.0 Å². The Morgan fingerprint density at radius 1 is 0.841 bits per heavy atom. The third-order valence-electron chi connectivity index (χ3n) is 7.35. The van der Waals surface area contributed by atoms with Crippen molar-refractivity contribution >= 4 is 27.5 Å². The molecule has 0 aliphatic rings. The van der Waals surface area contributed by atoms with E-state index in [4.69, 9.17) is 4.74 Å². The van der Waals surface area contributed by atoms with Gasteiger partial charge in [-0.25, -0.2) is 8.42 Å². The Labute approximate surface area is 260 Å². The van der Waals surface area contributed by atoms with Crippen LogP contribution in [0.4, 0.5) is 5.69 Å². The third-order valence-corrected chi connectivity index (χ3v) is 9.13. The van der Waals surface area contributed by atoms with Crippen LogP contribution in [-0.2, 0) is 32.6 Å². The molecule has 0 saturated heterocycles. The molecule has 4 aromatic carbocycles. The molecule has 0 aliphatic heterocycles. The minimum Gasteiger partial charge on any atom is -0.497 e. The molecular weight excluding hydrogens is 574 g/mol. The van der Waals surface area contributed by atoms with E-state index >= 15 is 0 Å². The number of methoxy groups -OCH3 is 1. The largest absolute Gasteiger partial charge is 0.497 e. The Hall–Kier alpha value is -4.63. The molecule has 44 heavy (non-hydrogen) atoms. The standard InChI is InChI=1S/C35H39N3O5S/c1-5-36-35(40)33(23-28-13-8-6-9-14-28)37(24-29-15-12-16-30(22-29)43-4)34(39)25-38(32-21-26(2)19-20-27(32)3)44(41,42)31-17-10-7-11-18-31/h6-22,33H,5,23-25H2,1-4H3,(H,36,40)/t33-/m0/s1. The van der Waals surface area contributed by atoms with Crippen LogP contribution >= 0.6 is 0 Å². The van der Waals surface area contributed by atoms with E-state index in [1.165, 1.54) is 17.0 Å². The lowest BCUT2D eigenvalue weighted by molar-refractivity contribution is -0.140. The molecule has 0 fully saturated rings. The predicted molar refractivity (Wildman–Crippen MR) is 173 cm³/mol. The summed E-state index contributed by atoms with van der Waals surface area (Å²) in [5.74, 6) is -0.228. The van der Waals surface area contributed by atoms with Gasteiger partial charge in [-0.15, -0.1) is 0 Å². The zero-order chi connectivity index (χ0) is 31.7. The lowest BCUT2D eigenvalue weighted by atomic mass is 10.0.